The average molecular weight is 340 g/mol. The van der Waals surface area contributed by atoms with Crippen LogP contribution in [0.1, 0.15) is 16.8 Å². The molecular weight excluding hydrogens is 332 g/mol. The number of pyridine rings is 1. The Bertz CT molecular complexity index is 573. The van der Waals surface area contributed by atoms with Gasteiger partial charge in [0.05, 0.1) is 22.8 Å². The van der Waals surface area contributed by atoms with E-state index in [4.69, 9.17) is 5.26 Å². The third-order valence-corrected chi connectivity index (χ3v) is 3.56. The number of benzene rings is 1. The standard InChI is InChI=1S/C12H8Br2N2/c13-5-8-1-2-12-11(3-8)9(7-15)4-10(6-14)16-12/h1-4H,5-6H2. The molecule has 0 amide bonds. The fraction of sp³-hybridized carbons (Fsp3) is 0.167. The number of nitriles is 1. The molecule has 1 aromatic carbocycles. The lowest BCUT2D eigenvalue weighted by molar-refractivity contribution is 1.22. The molecule has 0 unspecified atom stereocenters. The minimum absolute atomic E-state index is 0.664. The molecule has 1 heterocycles. The van der Waals surface area contributed by atoms with Gasteiger partial charge >= 0.3 is 0 Å². The van der Waals surface area contributed by atoms with E-state index in [1.54, 1.807) is 0 Å². The van der Waals surface area contributed by atoms with Gasteiger partial charge in [0.25, 0.3) is 0 Å². The highest BCUT2D eigenvalue weighted by molar-refractivity contribution is 9.08. The molecule has 2 nitrogen and oxygen atoms in total. The second-order valence-electron chi connectivity index (χ2n) is 3.39. The summed E-state index contributed by atoms with van der Waals surface area (Å²) < 4.78 is 0. The first-order chi connectivity index (χ1) is 7.78. The minimum atomic E-state index is 0.664. The van der Waals surface area contributed by atoms with Gasteiger partial charge in [-0.05, 0) is 23.8 Å². The van der Waals surface area contributed by atoms with Crippen LogP contribution >= 0.6 is 31.9 Å². The van der Waals surface area contributed by atoms with E-state index in [1.165, 1.54) is 0 Å². The van der Waals surface area contributed by atoms with Gasteiger partial charge in [0.1, 0.15) is 0 Å². The van der Waals surface area contributed by atoms with Gasteiger partial charge in [-0.15, -0.1) is 0 Å². The van der Waals surface area contributed by atoms with Crippen LogP contribution in [0.4, 0.5) is 0 Å². The van der Waals surface area contributed by atoms with Crippen molar-refractivity contribution in [3.8, 4) is 6.07 Å². The molecule has 0 saturated carbocycles. The molecule has 2 aromatic rings. The molecule has 2 rings (SSSR count). The summed E-state index contributed by atoms with van der Waals surface area (Å²) in [6, 6.07) is 10.0. The van der Waals surface area contributed by atoms with Crippen molar-refractivity contribution in [1.29, 1.82) is 5.26 Å². The Morgan fingerprint density at radius 2 is 2.00 bits per heavy atom. The zero-order valence-electron chi connectivity index (χ0n) is 8.37. The molecule has 16 heavy (non-hydrogen) atoms. The van der Waals surface area contributed by atoms with Crippen molar-refractivity contribution in [2.45, 2.75) is 10.7 Å². The van der Waals surface area contributed by atoms with E-state index < -0.39 is 0 Å². The van der Waals surface area contributed by atoms with E-state index in [1.807, 2.05) is 24.3 Å². The molecule has 1 aromatic heterocycles. The van der Waals surface area contributed by atoms with E-state index in [-0.39, 0.29) is 0 Å². The maximum atomic E-state index is 9.11. The zero-order chi connectivity index (χ0) is 11.5. The highest BCUT2D eigenvalue weighted by atomic mass is 79.9. The Morgan fingerprint density at radius 1 is 1.19 bits per heavy atom. The number of alkyl halides is 2. The molecule has 0 aliphatic carbocycles. The maximum Gasteiger partial charge on any atom is 0.0999 e. The van der Waals surface area contributed by atoms with Gasteiger partial charge in [-0.3, -0.25) is 4.98 Å². The van der Waals surface area contributed by atoms with Gasteiger partial charge in [0.2, 0.25) is 0 Å². The molecule has 0 saturated heterocycles. The van der Waals surface area contributed by atoms with E-state index in [0.29, 0.717) is 10.9 Å². The van der Waals surface area contributed by atoms with Crippen LogP contribution in [0.15, 0.2) is 24.3 Å². The maximum absolute atomic E-state index is 9.11. The Kier molecular flexibility index (Phi) is 3.57. The average Bonchev–Trinajstić information content (AvgIpc) is 2.36. The summed E-state index contributed by atoms with van der Waals surface area (Å²) in [5, 5.41) is 11.5. The van der Waals surface area contributed by atoms with Crippen LogP contribution in [-0.2, 0) is 10.7 Å². The van der Waals surface area contributed by atoms with Crippen LogP contribution in [0.5, 0.6) is 0 Å². The number of halogens is 2. The van der Waals surface area contributed by atoms with Crippen LogP contribution in [0, 0.1) is 11.3 Å². The Labute approximate surface area is 111 Å². The SMILES string of the molecule is N#Cc1cc(CBr)nc2ccc(CBr)cc12. The number of nitrogens with zero attached hydrogens (tertiary/aromatic N) is 2. The summed E-state index contributed by atoms with van der Waals surface area (Å²) in [4.78, 5) is 4.46. The predicted octanol–water partition coefficient (Wildman–Crippen LogP) is 3.90. The normalized spacial score (nSPS) is 10.3. The second-order valence-corrected chi connectivity index (χ2v) is 4.51. The number of hydrogen-bond donors (Lipinski definition) is 0. The number of aromatic nitrogens is 1. The molecule has 4 heteroatoms. The first-order valence-corrected chi connectivity index (χ1v) is 6.97. The fourth-order valence-electron chi connectivity index (χ4n) is 1.57. The smallest absolute Gasteiger partial charge is 0.0999 e. The topological polar surface area (TPSA) is 36.7 Å². The van der Waals surface area contributed by atoms with E-state index in [0.717, 1.165) is 27.5 Å². The second kappa shape index (κ2) is 4.94. The van der Waals surface area contributed by atoms with E-state index >= 15 is 0 Å². The molecule has 0 fully saturated rings. The lowest BCUT2D eigenvalue weighted by Crippen LogP contribution is -1.91. The lowest BCUT2D eigenvalue weighted by atomic mass is 10.1. The molecule has 0 radical (unpaired) electrons. The Balaban J connectivity index is 2.75. The van der Waals surface area contributed by atoms with Crippen LogP contribution < -0.4 is 0 Å². The van der Waals surface area contributed by atoms with Crippen LogP contribution in [-0.4, -0.2) is 4.98 Å². The molecule has 0 N–H and O–H groups in total. The lowest BCUT2D eigenvalue weighted by Gasteiger charge is -2.04. The van der Waals surface area contributed by atoms with Crippen LogP contribution in [0.2, 0.25) is 0 Å². The summed E-state index contributed by atoms with van der Waals surface area (Å²) in [5.41, 5.74) is 3.59. The monoisotopic (exact) mass is 338 g/mol. The molecule has 80 valence electrons. The van der Waals surface area contributed by atoms with Crippen LogP contribution in [0.3, 0.4) is 0 Å². The van der Waals surface area contributed by atoms with Crippen molar-refractivity contribution < 1.29 is 0 Å². The molecule has 0 bridgehead atoms. The summed E-state index contributed by atoms with van der Waals surface area (Å²) in [6.07, 6.45) is 0. The minimum Gasteiger partial charge on any atom is -0.252 e. The molecule has 0 aliphatic heterocycles. The highest BCUT2D eigenvalue weighted by Gasteiger charge is 2.05. The molecule has 0 atom stereocenters. The van der Waals surface area contributed by atoms with Gasteiger partial charge < -0.3 is 0 Å². The Hall–Kier alpha value is -0.920. The fourth-order valence-corrected chi connectivity index (χ4v) is 2.21. The summed E-state index contributed by atoms with van der Waals surface area (Å²) in [5.74, 6) is 0. The van der Waals surface area contributed by atoms with Gasteiger partial charge in [0.15, 0.2) is 0 Å². The first-order valence-electron chi connectivity index (χ1n) is 4.73. The Morgan fingerprint density at radius 3 is 2.62 bits per heavy atom. The largest absolute Gasteiger partial charge is 0.252 e. The van der Waals surface area contributed by atoms with Crippen molar-refractivity contribution in [2.24, 2.45) is 0 Å². The quantitative estimate of drug-likeness (QED) is 0.778. The van der Waals surface area contributed by atoms with E-state index in [9.17, 15) is 0 Å². The third kappa shape index (κ3) is 2.11. The van der Waals surface area contributed by atoms with Gasteiger partial charge in [-0.2, -0.15) is 5.26 Å². The molecular formula is C12H8Br2N2. The molecule has 0 aliphatic rings. The summed E-state index contributed by atoms with van der Waals surface area (Å²) in [7, 11) is 0. The van der Waals surface area contributed by atoms with Crippen molar-refractivity contribution in [2.75, 3.05) is 0 Å². The summed E-state index contributed by atoms with van der Waals surface area (Å²) >= 11 is 6.76. The summed E-state index contributed by atoms with van der Waals surface area (Å²) in [6.45, 7) is 0. The van der Waals surface area contributed by atoms with Crippen molar-refractivity contribution in [3.05, 3.63) is 41.1 Å². The number of fused-ring (bicyclic) bond motifs is 1. The molecule has 0 spiro atoms. The first kappa shape index (κ1) is 11.6. The predicted molar refractivity (Wildman–Crippen MR) is 71.7 cm³/mol. The zero-order valence-corrected chi connectivity index (χ0v) is 11.5. The highest BCUT2D eigenvalue weighted by Crippen LogP contribution is 2.21. The van der Waals surface area contributed by atoms with Crippen molar-refractivity contribution in [1.82, 2.24) is 4.98 Å². The van der Waals surface area contributed by atoms with Crippen molar-refractivity contribution in [3.63, 3.8) is 0 Å². The van der Waals surface area contributed by atoms with Crippen molar-refractivity contribution >= 4 is 42.8 Å². The van der Waals surface area contributed by atoms with Gasteiger partial charge in [0, 0.05) is 16.0 Å². The number of hydrogen-bond acceptors (Lipinski definition) is 2. The van der Waals surface area contributed by atoms with Crippen LogP contribution in [0.25, 0.3) is 10.9 Å². The van der Waals surface area contributed by atoms with E-state index in [2.05, 4.69) is 42.9 Å². The van der Waals surface area contributed by atoms with Gasteiger partial charge in [-0.25, -0.2) is 0 Å². The number of rotatable bonds is 2. The van der Waals surface area contributed by atoms with Gasteiger partial charge in [-0.1, -0.05) is 37.9 Å². The third-order valence-electron chi connectivity index (χ3n) is 2.34.